The second-order valence-electron chi connectivity index (χ2n) is 6.53. The maximum absolute atomic E-state index is 12.1. The Morgan fingerprint density at radius 1 is 1.23 bits per heavy atom. The zero-order valence-electron chi connectivity index (χ0n) is 12.7. The Hall–Kier alpha value is -2.49. The van der Waals surface area contributed by atoms with Gasteiger partial charge in [-0.3, -0.25) is 4.79 Å². The molecule has 1 aromatic heterocycles. The van der Waals surface area contributed by atoms with Crippen LogP contribution < -0.4 is 5.32 Å². The van der Waals surface area contributed by atoms with Crippen molar-refractivity contribution in [2.75, 3.05) is 6.54 Å². The number of amides is 1. The molecular formula is C18H17N3O. The Morgan fingerprint density at radius 3 is 2.95 bits per heavy atom. The highest BCUT2D eigenvalue weighted by Gasteiger charge is 2.32. The van der Waals surface area contributed by atoms with Crippen LogP contribution in [0.3, 0.4) is 0 Å². The van der Waals surface area contributed by atoms with Crippen LogP contribution in [0.15, 0.2) is 36.8 Å². The van der Waals surface area contributed by atoms with Crippen LogP contribution in [0.5, 0.6) is 0 Å². The summed E-state index contributed by atoms with van der Waals surface area (Å²) in [6, 6.07) is 6.11. The Balaban J connectivity index is 1.85. The molecule has 2 aromatic rings. The fraction of sp³-hybridized carbons (Fsp3) is 0.278. The number of hydrogen-bond donors (Lipinski definition) is 1. The Labute approximate surface area is 129 Å². The number of allylic oxidation sites excluding steroid dienone is 1. The highest BCUT2D eigenvalue weighted by Crippen LogP contribution is 2.36. The van der Waals surface area contributed by atoms with Crippen molar-refractivity contribution in [1.82, 2.24) is 15.3 Å². The molecule has 1 aliphatic heterocycles. The van der Waals surface area contributed by atoms with Crippen LogP contribution in [0.4, 0.5) is 0 Å². The van der Waals surface area contributed by atoms with E-state index in [1.165, 1.54) is 5.57 Å². The van der Waals surface area contributed by atoms with E-state index in [9.17, 15) is 4.79 Å². The highest BCUT2D eigenvalue weighted by atomic mass is 16.1. The number of hydrogen-bond acceptors (Lipinski definition) is 3. The van der Waals surface area contributed by atoms with Gasteiger partial charge in [0.2, 0.25) is 0 Å². The molecule has 110 valence electrons. The number of aromatic nitrogens is 2. The molecule has 1 aliphatic carbocycles. The van der Waals surface area contributed by atoms with Crippen LogP contribution >= 0.6 is 0 Å². The molecule has 1 amide bonds. The number of carbonyl (C=O) groups excluding carboxylic acids is 1. The molecule has 2 heterocycles. The van der Waals surface area contributed by atoms with E-state index in [0.29, 0.717) is 6.54 Å². The summed E-state index contributed by atoms with van der Waals surface area (Å²) >= 11 is 0. The van der Waals surface area contributed by atoms with Crippen LogP contribution in [0.1, 0.15) is 46.6 Å². The smallest absolute Gasteiger partial charge is 0.251 e. The fourth-order valence-electron chi connectivity index (χ4n) is 3.29. The van der Waals surface area contributed by atoms with E-state index in [2.05, 4.69) is 41.3 Å². The molecule has 0 fully saturated rings. The zero-order chi connectivity index (χ0) is 15.3. The summed E-state index contributed by atoms with van der Waals surface area (Å²) in [5.74, 6) is 0.0185. The van der Waals surface area contributed by atoms with Gasteiger partial charge in [0.1, 0.15) is 6.33 Å². The SMILES string of the molecule is CC1(C)CNC(=O)c2ccc(C3=CCc4ncncc43)cc21. The van der Waals surface area contributed by atoms with Crippen LogP contribution in [0.25, 0.3) is 5.57 Å². The third-order valence-corrected chi connectivity index (χ3v) is 4.58. The van der Waals surface area contributed by atoms with Crippen molar-refractivity contribution in [3.8, 4) is 0 Å². The van der Waals surface area contributed by atoms with Gasteiger partial charge in [0.25, 0.3) is 5.91 Å². The van der Waals surface area contributed by atoms with Gasteiger partial charge in [-0.2, -0.15) is 0 Å². The molecule has 4 rings (SSSR count). The van der Waals surface area contributed by atoms with E-state index < -0.39 is 0 Å². The third-order valence-electron chi connectivity index (χ3n) is 4.58. The number of rotatable bonds is 1. The van der Waals surface area contributed by atoms with Crippen LogP contribution in [0.2, 0.25) is 0 Å². The summed E-state index contributed by atoms with van der Waals surface area (Å²) in [6.07, 6.45) is 6.50. The first-order valence-electron chi connectivity index (χ1n) is 7.49. The van der Waals surface area contributed by atoms with E-state index in [1.807, 2.05) is 18.3 Å². The van der Waals surface area contributed by atoms with Crippen LogP contribution in [-0.2, 0) is 11.8 Å². The minimum Gasteiger partial charge on any atom is -0.351 e. The normalized spacial score (nSPS) is 18.3. The van der Waals surface area contributed by atoms with Crippen molar-refractivity contribution >= 4 is 11.5 Å². The van der Waals surface area contributed by atoms with Gasteiger partial charge in [0.05, 0.1) is 5.69 Å². The standard InChI is InChI=1S/C18H17N3O/c1-18(2)9-20-17(22)13-4-3-11(7-15(13)18)12-5-6-16-14(12)8-19-10-21-16/h3-5,7-8,10H,6,9H2,1-2H3,(H,20,22). The molecule has 0 radical (unpaired) electrons. The highest BCUT2D eigenvalue weighted by molar-refractivity contribution is 5.98. The predicted octanol–water partition coefficient (Wildman–Crippen LogP) is 2.49. The minimum atomic E-state index is -0.0611. The van der Waals surface area contributed by atoms with E-state index in [0.717, 1.165) is 34.4 Å². The third kappa shape index (κ3) is 1.87. The lowest BCUT2D eigenvalue weighted by molar-refractivity contribution is 0.0930. The second kappa shape index (κ2) is 4.50. The van der Waals surface area contributed by atoms with Gasteiger partial charge < -0.3 is 5.32 Å². The van der Waals surface area contributed by atoms with Crippen LogP contribution in [0, 0.1) is 0 Å². The largest absolute Gasteiger partial charge is 0.351 e. The molecule has 4 heteroatoms. The average Bonchev–Trinajstić information content (AvgIpc) is 2.95. The zero-order valence-corrected chi connectivity index (χ0v) is 12.7. The lowest BCUT2D eigenvalue weighted by Gasteiger charge is -2.33. The van der Waals surface area contributed by atoms with Crippen molar-refractivity contribution in [3.63, 3.8) is 0 Å². The maximum Gasteiger partial charge on any atom is 0.251 e. The Kier molecular flexibility index (Phi) is 2.70. The Bertz CT molecular complexity index is 821. The molecule has 0 saturated heterocycles. The van der Waals surface area contributed by atoms with E-state index in [-0.39, 0.29) is 11.3 Å². The number of carbonyl (C=O) groups is 1. The predicted molar refractivity (Wildman–Crippen MR) is 84.6 cm³/mol. The summed E-state index contributed by atoms with van der Waals surface area (Å²) in [5.41, 5.74) is 6.30. The number of benzene rings is 1. The summed E-state index contributed by atoms with van der Waals surface area (Å²) in [7, 11) is 0. The summed E-state index contributed by atoms with van der Waals surface area (Å²) in [5, 5.41) is 2.96. The molecule has 0 atom stereocenters. The molecule has 4 nitrogen and oxygen atoms in total. The lowest BCUT2D eigenvalue weighted by atomic mass is 9.77. The van der Waals surface area contributed by atoms with Gasteiger partial charge in [-0.1, -0.05) is 26.0 Å². The molecule has 0 spiro atoms. The van der Waals surface area contributed by atoms with Gasteiger partial charge in [0, 0.05) is 35.7 Å². The fourth-order valence-corrected chi connectivity index (χ4v) is 3.29. The summed E-state index contributed by atoms with van der Waals surface area (Å²) < 4.78 is 0. The first kappa shape index (κ1) is 13.2. The maximum atomic E-state index is 12.1. The molecule has 1 aromatic carbocycles. The quantitative estimate of drug-likeness (QED) is 0.878. The topological polar surface area (TPSA) is 54.9 Å². The summed E-state index contributed by atoms with van der Waals surface area (Å²) in [6.45, 7) is 4.99. The first-order chi connectivity index (χ1) is 10.6. The van der Waals surface area contributed by atoms with Crippen LogP contribution in [-0.4, -0.2) is 22.4 Å². The second-order valence-corrected chi connectivity index (χ2v) is 6.53. The van der Waals surface area contributed by atoms with Gasteiger partial charge in [0.15, 0.2) is 0 Å². The first-order valence-corrected chi connectivity index (χ1v) is 7.49. The van der Waals surface area contributed by atoms with Crippen molar-refractivity contribution < 1.29 is 4.79 Å². The monoisotopic (exact) mass is 291 g/mol. The van der Waals surface area contributed by atoms with E-state index in [1.54, 1.807) is 6.33 Å². The average molecular weight is 291 g/mol. The minimum absolute atomic E-state index is 0.0185. The molecule has 1 N–H and O–H groups in total. The Morgan fingerprint density at radius 2 is 2.09 bits per heavy atom. The van der Waals surface area contributed by atoms with Gasteiger partial charge in [-0.25, -0.2) is 9.97 Å². The van der Waals surface area contributed by atoms with Crippen molar-refractivity contribution in [3.05, 3.63) is 64.7 Å². The van der Waals surface area contributed by atoms with E-state index in [4.69, 9.17) is 0 Å². The molecule has 0 unspecified atom stereocenters. The molecule has 0 bridgehead atoms. The molecule has 2 aliphatic rings. The molecule has 0 saturated carbocycles. The van der Waals surface area contributed by atoms with Gasteiger partial charge >= 0.3 is 0 Å². The molecule has 22 heavy (non-hydrogen) atoms. The summed E-state index contributed by atoms with van der Waals surface area (Å²) in [4.78, 5) is 20.5. The number of nitrogens with zero attached hydrogens (tertiary/aromatic N) is 2. The van der Waals surface area contributed by atoms with Gasteiger partial charge in [-0.05, 0) is 28.8 Å². The van der Waals surface area contributed by atoms with Crippen molar-refractivity contribution in [2.24, 2.45) is 0 Å². The lowest BCUT2D eigenvalue weighted by Crippen LogP contribution is -2.43. The van der Waals surface area contributed by atoms with Crippen molar-refractivity contribution in [1.29, 1.82) is 0 Å². The molecular weight excluding hydrogens is 274 g/mol. The number of fused-ring (bicyclic) bond motifs is 2. The van der Waals surface area contributed by atoms with E-state index >= 15 is 0 Å². The van der Waals surface area contributed by atoms with Crippen molar-refractivity contribution in [2.45, 2.75) is 25.7 Å². The number of nitrogens with one attached hydrogen (secondary N) is 1. The van der Waals surface area contributed by atoms with Gasteiger partial charge in [-0.15, -0.1) is 0 Å².